The largest absolute Gasteiger partial charge is 0.467 e. The van der Waals surface area contributed by atoms with E-state index in [4.69, 9.17) is 0 Å². The highest BCUT2D eigenvalue weighted by Gasteiger charge is 2.39. The first-order valence-corrected chi connectivity index (χ1v) is 7.08. The van der Waals surface area contributed by atoms with Crippen LogP contribution in [0.4, 0.5) is 13.2 Å². The maximum Gasteiger partial charge on any atom is 0.422 e. The monoisotopic (exact) mass is 315 g/mol. The van der Waals surface area contributed by atoms with E-state index >= 15 is 0 Å². The van der Waals surface area contributed by atoms with E-state index in [1.807, 2.05) is 0 Å². The van der Waals surface area contributed by atoms with Crippen LogP contribution in [0.1, 0.15) is 10.4 Å². The number of nitrogens with zero attached hydrogens (tertiary/aromatic N) is 2. The maximum absolute atomic E-state index is 12.5. The lowest BCUT2D eigenvalue weighted by molar-refractivity contribution is -0.154. The molecule has 1 N–H and O–H groups in total. The molecule has 0 aliphatic carbocycles. The van der Waals surface area contributed by atoms with E-state index in [1.54, 1.807) is 4.90 Å². The molecule has 120 valence electrons. The van der Waals surface area contributed by atoms with Gasteiger partial charge in [-0.05, 0) is 24.0 Å². The van der Waals surface area contributed by atoms with E-state index in [0.717, 1.165) is 13.1 Å². The molecule has 1 amide bonds. The second kappa shape index (κ2) is 5.75. The zero-order chi connectivity index (χ0) is 15.7. The van der Waals surface area contributed by atoms with E-state index in [-0.39, 0.29) is 17.4 Å². The van der Waals surface area contributed by atoms with Gasteiger partial charge in [0.15, 0.2) is 6.61 Å². The highest BCUT2D eigenvalue weighted by atomic mass is 19.4. The third-order valence-corrected chi connectivity index (χ3v) is 4.05. The minimum Gasteiger partial charge on any atom is -0.467 e. The molecule has 1 aromatic rings. The summed E-state index contributed by atoms with van der Waals surface area (Å²) in [7, 11) is 0. The Morgan fingerprint density at radius 1 is 1.36 bits per heavy atom. The first-order valence-electron chi connectivity index (χ1n) is 7.08. The van der Waals surface area contributed by atoms with Crippen LogP contribution in [-0.2, 0) is 0 Å². The summed E-state index contributed by atoms with van der Waals surface area (Å²) in [5.74, 6) is 0.250. The van der Waals surface area contributed by atoms with Gasteiger partial charge < -0.3 is 15.0 Å². The van der Waals surface area contributed by atoms with Crippen LogP contribution in [0.25, 0.3) is 0 Å². The lowest BCUT2D eigenvalue weighted by atomic mass is 10.0. The minimum atomic E-state index is -4.46. The van der Waals surface area contributed by atoms with E-state index < -0.39 is 12.8 Å². The molecule has 2 fully saturated rings. The Morgan fingerprint density at radius 2 is 2.05 bits per heavy atom. The van der Waals surface area contributed by atoms with Crippen LogP contribution in [0.2, 0.25) is 0 Å². The van der Waals surface area contributed by atoms with Gasteiger partial charge in [-0.3, -0.25) is 4.79 Å². The Hall–Kier alpha value is -1.83. The van der Waals surface area contributed by atoms with Gasteiger partial charge in [-0.15, -0.1) is 0 Å². The van der Waals surface area contributed by atoms with Gasteiger partial charge in [0.05, 0.1) is 0 Å². The second-order valence-corrected chi connectivity index (χ2v) is 5.65. The summed E-state index contributed by atoms with van der Waals surface area (Å²) in [5.41, 5.74) is 0.0830. The first-order chi connectivity index (χ1) is 10.4. The number of alkyl halides is 3. The topological polar surface area (TPSA) is 54.5 Å². The third-order valence-electron chi connectivity index (χ3n) is 4.05. The van der Waals surface area contributed by atoms with Crippen LogP contribution in [0, 0.1) is 11.8 Å². The molecule has 2 saturated heterocycles. The number of hydrogen-bond acceptors (Lipinski definition) is 4. The number of fused-ring (bicyclic) bond motifs is 1. The summed E-state index contributed by atoms with van der Waals surface area (Å²) in [6, 6.07) is 2.97. The lowest BCUT2D eigenvalue weighted by Gasteiger charge is -2.19. The van der Waals surface area contributed by atoms with E-state index in [0.29, 0.717) is 24.9 Å². The van der Waals surface area contributed by atoms with Crippen molar-refractivity contribution < 1.29 is 22.7 Å². The molecule has 22 heavy (non-hydrogen) atoms. The van der Waals surface area contributed by atoms with E-state index in [2.05, 4.69) is 15.0 Å². The van der Waals surface area contributed by atoms with Gasteiger partial charge in [0.2, 0.25) is 5.88 Å². The van der Waals surface area contributed by atoms with Gasteiger partial charge in [0, 0.05) is 32.4 Å². The zero-order valence-corrected chi connectivity index (χ0v) is 11.8. The van der Waals surface area contributed by atoms with Gasteiger partial charge in [0.25, 0.3) is 5.91 Å². The van der Waals surface area contributed by atoms with E-state index in [9.17, 15) is 18.0 Å². The molecule has 8 heteroatoms. The zero-order valence-electron chi connectivity index (χ0n) is 11.8. The Labute approximate surface area is 125 Å². The van der Waals surface area contributed by atoms with Crippen molar-refractivity contribution >= 4 is 5.91 Å². The summed E-state index contributed by atoms with van der Waals surface area (Å²) in [6.07, 6.45) is -3.15. The number of pyridine rings is 1. The average molecular weight is 315 g/mol. The normalized spacial score (nSPS) is 24.4. The number of amides is 1. The number of hydrogen-bond donors (Lipinski definition) is 1. The van der Waals surface area contributed by atoms with Gasteiger partial charge >= 0.3 is 6.18 Å². The lowest BCUT2D eigenvalue weighted by Crippen LogP contribution is -2.32. The summed E-state index contributed by atoms with van der Waals surface area (Å²) < 4.78 is 41.5. The molecular formula is C14H16F3N3O2. The van der Waals surface area contributed by atoms with Crippen molar-refractivity contribution in [2.24, 2.45) is 11.8 Å². The highest BCUT2D eigenvalue weighted by Crippen LogP contribution is 2.29. The number of ether oxygens (including phenoxy) is 1. The molecule has 0 aromatic carbocycles. The van der Waals surface area contributed by atoms with Crippen LogP contribution >= 0.6 is 0 Å². The van der Waals surface area contributed by atoms with Crippen molar-refractivity contribution in [3.05, 3.63) is 23.9 Å². The molecule has 3 heterocycles. The van der Waals surface area contributed by atoms with Crippen molar-refractivity contribution in [1.82, 2.24) is 15.2 Å². The van der Waals surface area contributed by atoms with Crippen molar-refractivity contribution in [3.8, 4) is 5.88 Å². The number of halogens is 3. The number of carbonyl (C=O) groups is 1. The summed E-state index contributed by atoms with van der Waals surface area (Å²) in [5, 5.41) is 3.27. The van der Waals surface area contributed by atoms with Crippen molar-refractivity contribution in [2.75, 3.05) is 32.8 Å². The molecule has 1 aromatic heterocycles. The van der Waals surface area contributed by atoms with Gasteiger partial charge in [-0.2, -0.15) is 13.2 Å². The summed E-state index contributed by atoms with van der Waals surface area (Å²) in [4.78, 5) is 18.0. The Bertz CT molecular complexity index is 553. The fourth-order valence-electron chi connectivity index (χ4n) is 3.01. The predicted octanol–water partition coefficient (Wildman–Crippen LogP) is 1.31. The first kappa shape index (κ1) is 15.1. The number of carbonyl (C=O) groups excluding carboxylic acids is 1. The fourth-order valence-corrected chi connectivity index (χ4v) is 3.01. The predicted molar refractivity (Wildman–Crippen MR) is 71.5 cm³/mol. The number of nitrogens with one attached hydrogen (secondary N) is 1. The Kier molecular flexibility index (Phi) is 3.94. The molecule has 2 aliphatic heterocycles. The van der Waals surface area contributed by atoms with Crippen LogP contribution in [0.3, 0.4) is 0 Å². The third kappa shape index (κ3) is 3.16. The molecule has 0 unspecified atom stereocenters. The van der Waals surface area contributed by atoms with Crippen molar-refractivity contribution in [2.45, 2.75) is 6.18 Å². The van der Waals surface area contributed by atoms with Gasteiger partial charge in [-0.1, -0.05) is 0 Å². The van der Waals surface area contributed by atoms with Crippen LogP contribution in [0.5, 0.6) is 5.88 Å². The quantitative estimate of drug-likeness (QED) is 0.914. The van der Waals surface area contributed by atoms with Crippen LogP contribution in [-0.4, -0.2) is 54.8 Å². The van der Waals surface area contributed by atoms with Crippen LogP contribution < -0.4 is 10.1 Å². The average Bonchev–Trinajstić information content (AvgIpc) is 3.05. The number of likely N-dealkylation sites (tertiary alicyclic amines) is 1. The highest BCUT2D eigenvalue weighted by molar-refractivity contribution is 5.96. The molecule has 3 rings (SSSR count). The maximum atomic E-state index is 12.5. The molecule has 2 atom stereocenters. The molecule has 0 saturated carbocycles. The molecule has 0 spiro atoms. The fraction of sp³-hybridized carbons (Fsp3) is 0.571. The number of aromatic nitrogens is 1. The van der Waals surface area contributed by atoms with Gasteiger partial charge in [-0.25, -0.2) is 4.98 Å². The molecule has 0 radical (unpaired) electrons. The van der Waals surface area contributed by atoms with Gasteiger partial charge in [0.1, 0.15) is 5.56 Å². The standard InChI is InChI=1S/C14H16F3N3O2/c15-14(16,17)8-22-12-11(2-1-3-19-12)13(21)20-6-9-4-18-5-10(9)7-20/h1-3,9-10,18H,4-8H2/t9-,10+. The number of rotatable bonds is 3. The van der Waals surface area contributed by atoms with Crippen molar-refractivity contribution in [1.29, 1.82) is 0 Å². The molecule has 2 aliphatic rings. The SMILES string of the molecule is O=C(c1cccnc1OCC(F)(F)F)N1C[C@H]2CNC[C@H]2C1. The minimum absolute atomic E-state index is 0.0830. The summed E-state index contributed by atoms with van der Waals surface area (Å²) in [6.45, 7) is 1.52. The Morgan fingerprint density at radius 3 is 2.68 bits per heavy atom. The molecule has 0 bridgehead atoms. The smallest absolute Gasteiger partial charge is 0.422 e. The molecule has 5 nitrogen and oxygen atoms in total. The Balaban J connectivity index is 1.72. The molecular weight excluding hydrogens is 299 g/mol. The summed E-state index contributed by atoms with van der Waals surface area (Å²) >= 11 is 0. The van der Waals surface area contributed by atoms with Crippen molar-refractivity contribution in [3.63, 3.8) is 0 Å². The van der Waals surface area contributed by atoms with Crippen LogP contribution in [0.15, 0.2) is 18.3 Å². The van der Waals surface area contributed by atoms with E-state index in [1.165, 1.54) is 18.3 Å². The second-order valence-electron chi connectivity index (χ2n) is 5.65.